The van der Waals surface area contributed by atoms with Crippen LogP contribution >= 0.6 is 0 Å². The SMILES string of the molecule is NCC(O)CN1CCCCC1C(N)=O. The van der Waals surface area contributed by atoms with Gasteiger partial charge in [0.1, 0.15) is 0 Å². The molecule has 0 aromatic rings. The molecule has 0 saturated carbocycles. The number of nitrogens with two attached hydrogens (primary N) is 2. The number of nitrogens with zero attached hydrogens (tertiary/aromatic N) is 1. The Hall–Kier alpha value is -0.650. The van der Waals surface area contributed by atoms with Crippen molar-refractivity contribution >= 4 is 5.91 Å². The van der Waals surface area contributed by atoms with Gasteiger partial charge in [0, 0.05) is 13.1 Å². The molecular weight excluding hydrogens is 182 g/mol. The van der Waals surface area contributed by atoms with Crippen molar-refractivity contribution in [1.29, 1.82) is 0 Å². The summed E-state index contributed by atoms with van der Waals surface area (Å²) in [5, 5.41) is 9.39. The van der Waals surface area contributed by atoms with Gasteiger partial charge in [-0.05, 0) is 19.4 Å². The molecule has 0 aromatic heterocycles. The van der Waals surface area contributed by atoms with Gasteiger partial charge < -0.3 is 16.6 Å². The molecule has 1 aliphatic rings. The molecule has 0 spiro atoms. The first-order chi connectivity index (χ1) is 6.65. The average Bonchev–Trinajstić information content (AvgIpc) is 2.18. The second-order valence-corrected chi connectivity index (χ2v) is 3.80. The molecule has 5 N–H and O–H groups in total. The second kappa shape index (κ2) is 5.29. The zero-order chi connectivity index (χ0) is 10.6. The zero-order valence-electron chi connectivity index (χ0n) is 8.35. The van der Waals surface area contributed by atoms with Gasteiger partial charge in [-0.2, -0.15) is 0 Å². The molecule has 1 heterocycles. The Morgan fingerprint density at radius 2 is 2.29 bits per heavy atom. The summed E-state index contributed by atoms with van der Waals surface area (Å²) in [5.74, 6) is -0.297. The molecule has 82 valence electrons. The molecule has 1 saturated heterocycles. The average molecular weight is 201 g/mol. The fourth-order valence-electron chi connectivity index (χ4n) is 1.88. The Labute approximate surface area is 84.0 Å². The molecule has 1 fully saturated rings. The van der Waals surface area contributed by atoms with Crippen LogP contribution in [-0.4, -0.2) is 47.7 Å². The molecule has 0 aliphatic carbocycles. The van der Waals surface area contributed by atoms with Gasteiger partial charge in [-0.3, -0.25) is 9.69 Å². The number of piperidine rings is 1. The molecule has 1 amide bonds. The third kappa shape index (κ3) is 2.94. The largest absolute Gasteiger partial charge is 0.390 e. The lowest BCUT2D eigenvalue weighted by Crippen LogP contribution is -2.51. The summed E-state index contributed by atoms with van der Waals surface area (Å²) in [6.07, 6.45) is 2.33. The predicted octanol–water partition coefficient (Wildman–Crippen LogP) is -1.35. The molecular formula is C9H19N3O2. The number of likely N-dealkylation sites (tertiary alicyclic amines) is 1. The lowest BCUT2D eigenvalue weighted by molar-refractivity contribution is -0.124. The van der Waals surface area contributed by atoms with E-state index in [1.54, 1.807) is 0 Å². The van der Waals surface area contributed by atoms with E-state index in [0.717, 1.165) is 25.8 Å². The van der Waals surface area contributed by atoms with Crippen molar-refractivity contribution in [2.45, 2.75) is 31.4 Å². The summed E-state index contributed by atoms with van der Waals surface area (Å²) in [6, 6.07) is -0.218. The van der Waals surface area contributed by atoms with E-state index in [1.807, 2.05) is 4.90 Å². The number of aliphatic hydroxyl groups excluding tert-OH is 1. The maximum atomic E-state index is 11.1. The van der Waals surface area contributed by atoms with Gasteiger partial charge in [0.2, 0.25) is 5.91 Å². The first kappa shape index (κ1) is 11.4. The van der Waals surface area contributed by atoms with Crippen LogP contribution in [0.25, 0.3) is 0 Å². The van der Waals surface area contributed by atoms with E-state index in [0.29, 0.717) is 6.54 Å². The number of amides is 1. The summed E-state index contributed by atoms with van der Waals surface area (Å²) < 4.78 is 0. The minimum absolute atomic E-state index is 0.218. The van der Waals surface area contributed by atoms with Crippen molar-refractivity contribution in [3.05, 3.63) is 0 Å². The van der Waals surface area contributed by atoms with Crippen LogP contribution in [0.2, 0.25) is 0 Å². The van der Waals surface area contributed by atoms with Crippen LogP contribution in [0, 0.1) is 0 Å². The number of hydrogen-bond acceptors (Lipinski definition) is 4. The highest BCUT2D eigenvalue weighted by molar-refractivity contribution is 5.79. The Balaban J connectivity index is 2.49. The lowest BCUT2D eigenvalue weighted by atomic mass is 10.0. The normalized spacial score (nSPS) is 26.0. The third-order valence-corrected chi connectivity index (χ3v) is 2.66. The minimum atomic E-state index is -0.560. The third-order valence-electron chi connectivity index (χ3n) is 2.66. The molecule has 5 nitrogen and oxygen atoms in total. The summed E-state index contributed by atoms with van der Waals surface area (Å²) in [6.45, 7) is 1.50. The number of rotatable bonds is 4. The standard InChI is InChI=1S/C9H19N3O2/c10-5-7(13)6-12-4-2-1-3-8(12)9(11)14/h7-8,13H,1-6,10H2,(H2,11,14). The smallest absolute Gasteiger partial charge is 0.234 e. The van der Waals surface area contributed by atoms with E-state index < -0.39 is 6.10 Å². The van der Waals surface area contributed by atoms with Crippen molar-refractivity contribution in [2.24, 2.45) is 11.5 Å². The monoisotopic (exact) mass is 201 g/mol. The highest BCUT2D eigenvalue weighted by Gasteiger charge is 2.27. The molecule has 14 heavy (non-hydrogen) atoms. The van der Waals surface area contributed by atoms with E-state index in [1.165, 1.54) is 0 Å². The van der Waals surface area contributed by atoms with Crippen LogP contribution in [-0.2, 0) is 4.79 Å². The second-order valence-electron chi connectivity index (χ2n) is 3.80. The highest BCUT2D eigenvalue weighted by Crippen LogP contribution is 2.16. The van der Waals surface area contributed by atoms with Crippen molar-refractivity contribution in [3.8, 4) is 0 Å². The lowest BCUT2D eigenvalue weighted by Gasteiger charge is -2.34. The van der Waals surface area contributed by atoms with Gasteiger partial charge >= 0.3 is 0 Å². The van der Waals surface area contributed by atoms with E-state index in [9.17, 15) is 9.90 Å². The number of hydrogen-bond donors (Lipinski definition) is 3. The van der Waals surface area contributed by atoms with Crippen molar-refractivity contribution in [1.82, 2.24) is 4.90 Å². The Kier molecular flexibility index (Phi) is 4.31. The highest BCUT2D eigenvalue weighted by atomic mass is 16.3. The van der Waals surface area contributed by atoms with Crippen LogP contribution in [0.5, 0.6) is 0 Å². The summed E-state index contributed by atoms with van der Waals surface area (Å²) >= 11 is 0. The van der Waals surface area contributed by atoms with E-state index in [2.05, 4.69) is 0 Å². The fourth-order valence-corrected chi connectivity index (χ4v) is 1.88. The summed E-state index contributed by atoms with van der Waals surface area (Å²) in [5.41, 5.74) is 10.6. The van der Waals surface area contributed by atoms with Crippen LogP contribution in [0.3, 0.4) is 0 Å². The first-order valence-electron chi connectivity index (χ1n) is 5.06. The van der Waals surface area contributed by atoms with Gasteiger partial charge in [-0.25, -0.2) is 0 Å². The van der Waals surface area contributed by atoms with Gasteiger partial charge in [-0.15, -0.1) is 0 Å². The van der Waals surface area contributed by atoms with Crippen LogP contribution in [0.15, 0.2) is 0 Å². The van der Waals surface area contributed by atoms with E-state index in [4.69, 9.17) is 11.5 Å². The van der Waals surface area contributed by atoms with Crippen molar-refractivity contribution in [2.75, 3.05) is 19.6 Å². The summed E-state index contributed by atoms with van der Waals surface area (Å²) in [4.78, 5) is 13.0. The quantitative estimate of drug-likeness (QED) is 0.524. The number of carbonyl (C=O) groups excluding carboxylic acids is 1. The van der Waals surface area contributed by atoms with Gasteiger partial charge in [-0.1, -0.05) is 6.42 Å². The van der Waals surface area contributed by atoms with Gasteiger partial charge in [0.05, 0.1) is 12.1 Å². The van der Waals surface area contributed by atoms with Gasteiger partial charge in [0.25, 0.3) is 0 Å². The molecule has 2 unspecified atom stereocenters. The van der Waals surface area contributed by atoms with Crippen LogP contribution < -0.4 is 11.5 Å². The number of primary amides is 1. The predicted molar refractivity (Wildman–Crippen MR) is 53.5 cm³/mol. The Bertz CT molecular complexity index is 198. The first-order valence-corrected chi connectivity index (χ1v) is 5.06. The van der Waals surface area contributed by atoms with Crippen molar-refractivity contribution < 1.29 is 9.90 Å². The summed E-state index contributed by atoms with van der Waals surface area (Å²) in [7, 11) is 0. The van der Waals surface area contributed by atoms with Crippen molar-refractivity contribution in [3.63, 3.8) is 0 Å². The number of aliphatic hydroxyl groups is 1. The maximum absolute atomic E-state index is 11.1. The zero-order valence-corrected chi connectivity index (χ0v) is 8.35. The Morgan fingerprint density at radius 3 is 2.86 bits per heavy atom. The molecule has 0 bridgehead atoms. The fraction of sp³-hybridized carbons (Fsp3) is 0.889. The van der Waals surface area contributed by atoms with E-state index >= 15 is 0 Å². The Morgan fingerprint density at radius 1 is 1.57 bits per heavy atom. The molecule has 1 aliphatic heterocycles. The van der Waals surface area contributed by atoms with Gasteiger partial charge in [0.15, 0.2) is 0 Å². The minimum Gasteiger partial charge on any atom is -0.390 e. The maximum Gasteiger partial charge on any atom is 0.234 e. The molecule has 2 atom stereocenters. The number of carbonyl (C=O) groups is 1. The van der Waals surface area contributed by atoms with E-state index in [-0.39, 0.29) is 18.5 Å². The molecule has 0 aromatic carbocycles. The molecule has 1 rings (SSSR count). The van der Waals surface area contributed by atoms with Crippen LogP contribution in [0.4, 0.5) is 0 Å². The topological polar surface area (TPSA) is 92.6 Å². The van der Waals surface area contributed by atoms with Crippen LogP contribution in [0.1, 0.15) is 19.3 Å². The molecule has 5 heteroatoms. The molecule has 0 radical (unpaired) electrons. The number of β-amino-alcohol motifs (C(OH)–C–C–N with tert-alkyl or cyclic N) is 1.